The first-order chi connectivity index (χ1) is 5.61. The first-order valence-corrected chi connectivity index (χ1v) is 3.64. The number of hydrogen-bond donors (Lipinski definition) is 2. The summed E-state index contributed by atoms with van der Waals surface area (Å²) in [4.78, 5) is 3.89. The van der Waals surface area contributed by atoms with E-state index in [-0.39, 0.29) is 5.96 Å². The molecule has 5 nitrogen and oxygen atoms in total. The van der Waals surface area contributed by atoms with Gasteiger partial charge in [-0.3, -0.25) is 4.68 Å². The van der Waals surface area contributed by atoms with Gasteiger partial charge in [-0.1, -0.05) is 0 Å². The maximum absolute atomic E-state index is 5.20. The van der Waals surface area contributed by atoms with Gasteiger partial charge in [-0.15, -0.1) is 0 Å². The van der Waals surface area contributed by atoms with Gasteiger partial charge < -0.3 is 11.5 Å². The van der Waals surface area contributed by atoms with E-state index in [4.69, 9.17) is 11.5 Å². The van der Waals surface area contributed by atoms with Crippen molar-refractivity contribution in [2.24, 2.45) is 23.5 Å². The Labute approximate surface area is 71.1 Å². The molecule has 0 aliphatic rings. The summed E-state index contributed by atoms with van der Waals surface area (Å²) < 4.78 is 1.79. The Balaban J connectivity index is 2.77. The SMILES string of the molecule is Cc1c(CN=C(N)N)cnn1C. The number of guanidine groups is 1. The van der Waals surface area contributed by atoms with Crippen LogP contribution in [0.25, 0.3) is 0 Å². The van der Waals surface area contributed by atoms with Crippen molar-refractivity contribution in [1.82, 2.24) is 9.78 Å². The molecule has 1 rings (SSSR count). The average Bonchev–Trinajstić information content (AvgIpc) is 2.30. The van der Waals surface area contributed by atoms with Gasteiger partial charge in [-0.25, -0.2) is 4.99 Å². The molecule has 0 spiro atoms. The highest BCUT2D eigenvalue weighted by molar-refractivity contribution is 5.75. The summed E-state index contributed by atoms with van der Waals surface area (Å²) in [7, 11) is 1.88. The first-order valence-electron chi connectivity index (χ1n) is 3.64. The largest absolute Gasteiger partial charge is 0.370 e. The number of hydrogen-bond acceptors (Lipinski definition) is 2. The molecule has 5 heteroatoms. The molecule has 1 heterocycles. The van der Waals surface area contributed by atoms with E-state index in [0.29, 0.717) is 6.54 Å². The standard InChI is InChI=1S/C7H13N5/c1-5-6(3-10-7(8)9)4-11-12(5)2/h4H,3H2,1-2H3,(H4,8,9,10). The number of rotatable bonds is 2. The van der Waals surface area contributed by atoms with Crippen molar-refractivity contribution >= 4 is 5.96 Å². The minimum absolute atomic E-state index is 0.109. The lowest BCUT2D eigenvalue weighted by Crippen LogP contribution is -2.22. The van der Waals surface area contributed by atoms with Gasteiger partial charge in [0.25, 0.3) is 0 Å². The maximum Gasteiger partial charge on any atom is 0.186 e. The molecule has 1 aromatic heterocycles. The monoisotopic (exact) mass is 167 g/mol. The van der Waals surface area contributed by atoms with Crippen molar-refractivity contribution in [1.29, 1.82) is 0 Å². The third kappa shape index (κ3) is 1.75. The van der Waals surface area contributed by atoms with Crippen LogP contribution in [0.1, 0.15) is 11.3 Å². The molecule has 1 aromatic rings. The third-order valence-corrected chi connectivity index (χ3v) is 1.77. The lowest BCUT2D eigenvalue weighted by atomic mass is 10.3. The summed E-state index contributed by atoms with van der Waals surface area (Å²) in [5, 5.41) is 4.06. The van der Waals surface area contributed by atoms with Crippen LogP contribution in [-0.4, -0.2) is 15.7 Å². The van der Waals surface area contributed by atoms with Crippen molar-refractivity contribution in [3.63, 3.8) is 0 Å². The van der Waals surface area contributed by atoms with Gasteiger partial charge in [0.05, 0.1) is 12.7 Å². The molecule has 4 N–H and O–H groups in total. The van der Waals surface area contributed by atoms with Crippen LogP contribution >= 0.6 is 0 Å². The van der Waals surface area contributed by atoms with Crippen LogP contribution in [0.5, 0.6) is 0 Å². The molecule has 0 aliphatic carbocycles. The molecule has 0 amide bonds. The first kappa shape index (κ1) is 8.58. The highest BCUT2D eigenvalue weighted by atomic mass is 15.3. The summed E-state index contributed by atoms with van der Waals surface area (Å²) >= 11 is 0. The van der Waals surface area contributed by atoms with Gasteiger partial charge in [-0.05, 0) is 6.92 Å². The highest BCUT2D eigenvalue weighted by Gasteiger charge is 2.01. The van der Waals surface area contributed by atoms with E-state index in [2.05, 4.69) is 10.1 Å². The van der Waals surface area contributed by atoms with Crippen molar-refractivity contribution in [2.45, 2.75) is 13.5 Å². The van der Waals surface area contributed by atoms with E-state index >= 15 is 0 Å². The van der Waals surface area contributed by atoms with Crippen LogP contribution in [-0.2, 0) is 13.6 Å². The van der Waals surface area contributed by atoms with Gasteiger partial charge in [0, 0.05) is 18.3 Å². The summed E-state index contributed by atoms with van der Waals surface area (Å²) in [6.07, 6.45) is 1.77. The van der Waals surface area contributed by atoms with Crippen LogP contribution in [0, 0.1) is 6.92 Å². The Morgan fingerprint density at radius 1 is 1.67 bits per heavy atom. The van der Waals surface area contributed by atoms with Crippen LogP contribution in [0.15, 0.2) is 11.2 Å². The molecular weight excluding hydrogens is 154 g/mol. The zero-order valence-electron chi connectivity index (χ0n) is 7.28. The number of aromatic nitrogens is 2. The Morgan fingerprint density at radius 3 is 2.75 bits per heavy atom. The van der Waals surface area contributed by atoms with Gasteiger partial charge in [0.1, 0.15) is 0 Å². The Bertz CT molecular complexity index is 295. The predicted molar refractivity (Wildman–Crippen MR) is 47.5 cm³/mol. The topological polar surface area (TPSA) is 82.2 Å². The molecule has 0 bridgehead atoms. The lowest BCUT2D eigenvalue weighted by molar-refractivity contribution is 0.737. The second-order valence-electron chi connectivity index (χ2n) is 2.62. The molecule has 0 unspecified atom stereocenters. The summed E-state index contributed by atoms with van der Waals surface area (Å²) in [5.41, 5.74) is 12.5. The second kappa shape index (κ2) is 3.25. The molecule has 66 valence electrons. The normalized spacial score (nSPS) is 9.83. The van der Waals surface area contributed by atoms with E-state index in [1.165, 1.54) is 0 Å². The summed E-state index contributed by atoms with van der Waals surface area (Å²) in [5.74, 6) is 0.109. The van der Waals surface area contributed by atoms with Gasteiger partial charge >= 0.3 is 0 Å². The molecule has 12 heavy (non-hydrogen) atoms. The minimum Gasteiger partial charge on any atom is -0.370 e. The predicted octanol–water partition coefficient (Wildman–Crippen LogP) is -0.498. The van der Waals surface area contributed by atoms with Gasteiger partial charge in [-0.2, -0.15) is 5.10 Å². The summed E-state index contributed by atoms with van der Waals surface area (Å²) in [6, 6.07) is 0. The minimum atomic E-state index is 0.109. The van der Waals surface area contributed by atoms with Crippen LogP contribution in [0.2, 0.25) is 0 Å². The number of nitrogens with two attached hydrogens (primary N) is 2. The fraction of sp³-hybridized carbons (Fsp3) is 0.429. The molecule has 0 radical (unpaired) electrons. The van der Waals surface area contributed by atoms with Gasteiger partial charge in [0.2, 0.25) is 0 Å². The lowest BCUT2D eigenvalue weighted by Gasteiger charge is -1.96. The molecule has 0 aliphatic heterocycles. The fourth-order valence-corrected chi connectivity index (χ4v) is 0.876. The number of aliphatic imine (C=N–C) groups is 1. The fourth-order valence-electron chi connectivity index (χ4n) is 0.876. The van der Waals surface area contributed by atoms with Crippen molar-refractivity contribution < 1.29 is 0 Å². The van der Waals surface area contributed by atoms with Crippen LogP contribution in [0.3, 0.4) is 0 Å². The third-order valence-electron chi connectivity index (χ3n) is 1.77. The molecular formula is C7H13N5. The van der Waals surface area contributed by atoms with Gasteiger partial charge in [0.15, 0.2) is 5.96 Å². The Kier molecular flexibility index (Phi) is 2.32. The Morgan fingerprint density at radius 2 is 2.33 bits per heavy atom. The zero-order chi connectivity index (χ0) is 9.14. The van der Waals surface area contributed by atoms with E-state index in [1.807, 2.05) is 14.0 Å². The number of nitrogens with zero attached hydrogens (tertiary/aromatic N) is 3. The van der Waals surface area contributed by atoms with Crippen LogP contribution < -0.4 is 11.5 Å². The zero-order valence-corrected chi connectivity index (χ0v) is 7.28. The van der Waals surface area contributed by atoms with E-state index in [9.17, 15) is 0 Å². The average molecular weight is 167 g/mol. The quantitative estimate of drug-likeness (QED) is 0.460. The van der Waals surface area contributed by atoms with Crippen LogP contribution in [0.4, 0.5) is 0 Å². The molecule has 0 fully saturated rings. The van der Waals surface area contributed by atoms with Crippen molar-refractivity contribution in [3.05, 3.63) is 17.5 Å². The second-order valence-corrected chi connectivity index (χ2v) is 2.62. The van der Waals surface area contributed by atoms with E-state index < -0.39 is 0 Å². The number of aryl methyl sites for hydroxylation is 1. The summed E-state index contributed by atoms with van der Waals surface area (Å²) in [6.45, 7) is 2.48. The molecule has 0 saturated heterocycles. The molecule has 0 aromatic carbocycles. The smallest absolute Gasteiger partial charge is 0.186 e. The highest BCUT2D eigenvalue weighted by Crippen LogP contribution is 2.06. The van der Waals surface area contributed by atoms with Crippen molar-refractivity contribution in [3.8, 4) is 0 Å². The Hall–Kier alpha value is -1.52. The molecule has 0 saturated carbocycles. The maximum atomic E-state index is 5.20. The van der Waals surface area contributed by atoms with E-state index in [1.54, 1.807) is 10.9 Å². The van der Waals surface area contributed by atoms with E-state index in [0.717, 1.165) is 11.3 Å². The van der Waals surface area contributed by atoms with Crippen molar-refractivity contribution in [2.75, 3.05) is 0 Å². The molecule has 0 atom stereocenters.